The zero-order chi connectivity index (χ0) is 9.54. The van der Waals surface area contributed by atoms with Gasteiger partial charge in [0.15, 0.2) is 5.76 Å². The molecule has 1 unspecified atom stereocenters. The van der Waals surface area contributed by atoms with Crippen LogP contribution in [0.3, 0.4) is 0 Å². The molecule has 0 amide bonds. The Morgan fingerprint density at radius 3 is 3.14 bits per heavy atom. The van der Waals surface area contributed by atoms with E-state index < -0.39 is 10.8 Å². The molecule has 3 rings (SSSR count). The van der Waals surface area contributed by atoms with Gasteiger partial charge in [-0.2, -0.15) is 0 Å². The van der Waals surface area contributed by atoms with E-state index in [9.17, 15) is 4.21 Å². The fourth-order valence-electron chi connectivity index (χ4n) is 1.48. The highest BCUT2D eigenvalue weighted by atomic mass is 32.2. The van der Waals surface area contributed by atoms with Crippen LogP contribution in [0, 0.1) is 0 Å². The lowest BCUT2D eigenvalue weighted by molar-refractivity contribution is 0.173. The molecule has 1 aromatic heterocycles. The standard InChI is InChI=1S/C9H7NO3S/c11-14-4-2-7-9(14)5-8(13-7)6-1-3-12-10-6/h2,4-5H,1,3H2. The topological polar surface area (TPSA) is 51.8 Å². The number of nitrogens with zero attached hydrogens (tertiary/aromatic N) is 1. The second-order valence-corrected chi connectivity index (χ2v) is 4.37. The molecule has 0 radical (unpaired) electrons. The molecule has 1 aromatic rings. The minimum Gasteiger partial charge on any atom is -0.454 e. The van der Waals surface area contributed by atoms with Crippen LogP contribution in [0.5, 0.6) is 0 Å². The minimum absolute atomic E-state index is 0.597. The van der Waals surface area contributed by atoms with Gasteiger partial charge in [-0.1, -0.05) is 5.16 Å². The molecule has 0 spiro atoms. The fraction of sp³-hybridized carbons (Fsp3) is 0.222. The predicted octanol–water partition coefficient (Wildman–Crippen LogP) is 1.50. The van der Waals surface area contributed by atoms with Crippen molar-refractivity contribution in [3.63, 3.8) is 0 Å². The van der Waals surface area contributed by atoms with E-state index in [-0.39, 0.29) is 0 Å². The molecule has 0 fully saturated rings. The van der Waals surface area contributed by atoms with E-state index in [1.54, 1.807) is 17.6 Å². The van der Waals surface area contributed by atoms with Crippen molar-refractivity contribution in [3.05, 3.63) is 23.0 Å². The Morgan fingerprint density at radius 1 is 1.50 bits per heavy atom. The van der Waals surface area contributed by atoms with Gasteiger partial charge in [-0.25, -0.2) is 4.21 Å². The van der Waals surface area contributed by atoms with E-state index in [4.69, 9.17) is 9.25 Å². The third-order valence-corrected chi connectivity index (χ3v) is 3.31. The molecule has 0 aliphatic carbocycles. The van der Waals surface area contributed by atoms with Gasteiger partial charge in [0.05, 0.1) is 15.7 Å². The summed E-state index contributed by atoms with van der Waals surface area (Å²) in [4.78, 5) is 5.60. The molecule has 0 saturated carbocycles. The number of hydrogen-bond donors (Lipinski definition) is 0. The second-order valence-electron chi connectivity index (χ2n) is 3.06. The van der Waals surface area contributed by atoms with Crippen LogP contribution in [0.4, 0.5) is 0 Å². The third kappa shape index (κ3) is 1.05. The van der Waals surface area contributed by atoms with Gasteiger partial charge in [0, 0.05) is 17.9 Å². The Bertz CT molecular complexity index is 472. The summed E-state index contributed by atoms with van der Waals surface area (Å²) in [6.45, 7) is 0.597. The summed E-state index contributed by atoms with van der Waals surface area (Å²) in [5.41, 5.74) is 0.796. The highest BCUT2D eigenvalue weighted by molar-refractivity contribution is 7.88. The normalized spacial score (nSPS) is 23.4. The van der Waals surface area contributed by atoms with Crippen LogP contribution in [0.2, 0.25) is 0 Å². The van der Waals surface area contributed by atoms with Crippen LogP contribution in [0.1, 0.15) is 17.9 Å². The van der Waals surface area contributed by atoms with E-state index in [0.717, 1.165) is 17.0 Å². The number of furan rings is 1. The maximum Gasteiger partial charge on any atom is 0.153 e. The van der Waals surface area contributed by atoms with Crippen LogP contribution < -0.4 is 0 Å². The molecule has 14 heavy (non-hydrogen) atoms. The zero-order valence-electron chi connectivity index (χ0n) is 7.23. The van der Waals surface area contributed by atoms with Gasteiger partial charge in [-0.15, -0.1) is 0 Å². The third-order valence-electron chi connectivity index (χ3n) is 2.17. The summed E-state index contributed by atoms with van der Waals surface area (Å²) in [7, 11) is -1.05. The quantitative estimate of drug-likeness (QED) is 0.704. The van der Waals surface area contributed by atoms with E-state index in [2.05, 4.69) is 5.16 Å². The Balaban J connectivity index is 2.06. The first-order chi connectivity index (χ1) is 6.84. The maximum absolute atomic E-state index is 11.4. The molecule has 0 N–H and O–H groups in total. The summed E-state index contributed by atoms with van der Waals surface area (Å²) in [5.74, 6) is 1.35. The fourth-order valence-corrected chi connectivity index (χ4v) is 2.41. The number of oxime groups is 1. The van der Waals surface area contributed by atoms with Crippen molar-refractivity contribution < 1.29 is 13.5 Å². The minimum atomic E-state index is -1.05. The second kappa shape index (κ2) is 2.81. The smallest absolute Gasteiger partial charge is 0.153 e. The van der Waals surface area contributed by atoms with Crippen molar-refractivity contribution >= 4 is 22.6 Å². The first kappa shape index (κ1) is 7.99. The Morgan fingerprint density at radius 2 is 2.43 bits per heavy atom. The van der Waals surface area contributed by atoms with E-state index >= 15 is 0 Å². The first-order valence-corrected chi connectivity index (χ1v) is 5.48. The molecule has 0 aromatic carbocycles. The van der Waals surface area contributed by atoms with Crippen molar-refractivity contribution in [2.24, 2.45) is 5.16 Å². The number of rotatable bonds is 1. The van der Waals surface area contributed by atoms with Crippen molar-refractivity contribution in [1.29, 1.82) is 0 Å². The van der Waals surface area contributed by atoms with Crippen LogP contribution in [0.15, 0.2) is 25.9 Å². The van der Waals surface area contributed by atoms with E-state index in [0.29, 0.717) is 18.1 Å². The lowest BCUT2D eigenvalue weighted by Crippen LogP contribution is -1.94. The van der Waals surface area contributed by atoms with Crippen molar-refractivity contribution in [1.82, 2.24) is 0 Å². The molecule has 4 nitrogen and oxygen atoms in total. The largest absolute Gasteiger partial charge is 0.454 e. The first-order valence-electron chi connectivity index (χ1n) is 4.26. The van der Waals surface area contributed by atoms with Gasteiger partial charge < -0.3 is 9.25 Å². The SMILES string of the molecule is O=S1C=Cc2oc(C3=NOCC3)cc21. The molecule has 2 aliphatic rings. The van der Waals surface area contributed by atoms with Crippen molar-refractivity contribution in [2.75, 3.05) is 6.61 Å². The molecule has 3 heterocycles. The van der Waals surface area contributed by atoms with E-state index in [1.807, 2.05) is 0 Å². The molecule has 0 saturated heterocycles. The van der Waals surface area contributed by atoms with Crippen LogP contribution in [0.25, 0.3) is 6.08 Å². The number of fused-ring (bicyclic) bond motifs is 1. The average Bonchev–Trinajstić information content (AvgIpc) is 2.83. The van der Waals surface area contributed by atoms with E-state index in [1.165, 1.54) is 0 Å². The highest BCUT2D eigenvalue weighted by Gasteiger charge is 2.22. The molecular weight excluding hydrogens is 202 g/mol. The van der Waals surface area contributed by atoms with Crippen LogP contribution in [-0.4, -0.2) is 16.5 Å². The molecule has 2 aliphatic heterocycles. The monoisotopic (exact) mass is 209 g/mol. The molecule has 1 atom stereocenters. The maximum atomic E-state index is 11.4. The summed E-state index contributed by atoms with van der Waals surface area (Å²) in [5, 5.41) is 5.46. The van der Waals surface area contributed by atoms with Gasteiger partial charge in [-0.05, 0) is 6.08 Å². The lowest BCUT2D eigenvalue weighted by atomic mass is 10.2. The predicted molar refractivity (Wildman–Crippen MR) is 51.3 cm³/mol. The molecule has 0 bridgehead atoms. The summed E-state index contributed by atoms with van der Waals surface area (Å²) in [6.07, 6.45) is 2.48. The highest BCUT2D eigenvalue weighted by Crippen LogP contribution is 2.28. The van der Waals surface area contributed by atoms with Gasteiger partial charge in [0.2, 0.25) is 0 Å². The molecule has 5 heteroatoms. The van der Waals surface area contributed by atoms with Crippen LogP contribution >= 0.6 is 0 Å². The van der Waals surface area contributed by atoms with Crippen LogP contribution in [-0.2, 0) is 15.6 Å². The summed E-state index contributed by atoms with van der Waals surface area (Å²) >= 11 is 0. The molecule has 72 valence electrons. The summed E-state index contributed by atoms with van der Waals surface area (Å²) < 4.78 is 16.9. The average molecular weight is 209 g/mol. The Hall–Kier alpha value is -1.36. The van der Waals surface area contributed by atoms with Gasteiger partial charge in [0.1, 0.15) is 18.1 Å². The summed E-state index contributed by atoms with van der Waals surface area (Å²) in [6, 6.07) is 1.78. The Labute approximate surface area is 82.7 Å². The lowest BCUT2D eigenvalue weighted by Gasteiger charge is -1.89. The number of hydrogen-bond acceptors (Lipinski definition) is 4. The zero-order valence-corrected chi connectivity index (χ0v) is 8.04. The van der Waals surface area contributed by atoms with Gasteiger partial charge in [0.25, 0.3) is 0 Å². The van der Waals surface area contributed by atoms with Gasteiger partial charge >= 0.3 is 0 Å². The van der Waals surface area contributed by atoms with Crippen molar-refractivity contribution in [2.45, 2.75) is 11.3 Å². The van der Waals surface area contributed by atoms with Crippen molar-refractivity contribution in [3.8, 4) is 0 Å². The Kier molecular flexibility index (Phi) is 1.61. The van der Waals surface area contributed by atoms with Gasteiger partial charge in [-0.3, -0.25) is 0 Å². The molecular formula is C9H7NO3S.